The van der Waals surface area contributed by atoms with Gasteiger partial charge in [-0.3, -0.25) is 9.69 Å². The zero-order valence-electron chi connectivity index (χ0n) is 14.6. The Balaban J connectivity index is 1.47. The van der Waals surface area contributed by atoms with Gasteiger partial charge in [-0.05, 0) is 36.6 Å². The molecule has 1 amide bonds. The van der Waals surface area contributed by atoms with Crippen LogP contribution in [0.2, 0.25) is 0 Å². The van der Waals surface area contributed by atoms with Crippen LogP contribution in [-0.4, -0.2) is 30.0 Å². The molecule has 4 rings (SSSR count). The Morgan fingerprint density at radius 1 is 1.12 bits per heavy atom. The van der Waals surface area contributed by atoms with Gasteiger partial charge >= 0.3 is 0 Å². The monoisotopic (exact) mass is 414 g/mol. The fraction of sp³-hybridized carbons (Fsp3) is 0.381. The lowest BCUT2D eigenvalue weighted by atomic mass is 9.94. The molecule has 2 N–H and O–H groups in total. The van der Waals surface area contributed by atoms with Crippen LogP contribution in [0.15, 0.2) is 53.0 Å². The number of rotatable bonds is 5. The molecule has 4 nitrogen and oxygen atoms in total. The molecule has 136 valence electrons. The minimum atomic E-state index is -0.449. The molecule has 2 aromatic carbocycles. The molecule has 2 aromatic rings. The van der Waals surface area contributed by atoms with Crippen molar-refractivity contribution in [2.45, 2.75) is 25.5 Å². The van der Waals surface area contributed by atoms with Crippen LogP contribution in [0.1, 0.15) is 28.8 Å². The average Bonchev–Trinajstić information content (AvgIpc) is 2.86. The van der Waals surface area contributed by atoms with Crippen LogP contribution in [0, 0.1) is 11.8 Å². The molecule has 0 spiro atoms. The van der Waals surface area contributed by atoms with Gasteiger partial charge in [0.05, 0.1) is 5.56 Å². The number of carbonyl (C=O) groups excluding carboxylic acids is 1. The Morgan fingerprint density at radius 3 is 2.46 bits per heavy atom. The zero-order valence-corrected chi connectivity index (χ0v) is 16.2. The van der Waals surface area contributed by atoms with Crippen LogP contribution in [0.5, 0.6) is 5.75 Å². The Morgan fingerprint density at radius 2 is 1.81 bits per heavy atom. The molecule has 0 aromatic heterocycles. The van der Waals surface area contributed by atoms with Gasteiger partial charge in [0.1, 0.15) is 11.9 Å². The predicted molar refractivity (Wildman–Crippen MR) is 105 cm³/mol. The molecular weight excluding hydrogens is 392 g/mol. The van der Waals surface area contributed by atoms with E-state index >= 15 is 0 Å². The van der Waals surface area contributed by atoms with Gasteiger partial charge in [-0.2, -0.15) is 0 Å². The number of benzene rings is 2. The lowest BCUT2D eigenvalue weighted by Gasteiger charge is -2.38. The highest BCUT2D eigenvalue weighted by atomic mass is 79.9. The third-order valence-corrected chi connectivity index (χ3v) is 6.04. The van der Waals surface area contributed by atoms with E-state index in [2.05, 4.69) is 51.2 Å². The predicted octanol–water partition coefficient (Wildman–Crippen LogP) is 3.84. The van der Waals surface area contributed by atoms with Gasteiger partial charge < -0.3 is 10.5 Å². The Kier molecular flexibility index (Phi) is 5.00. The Hall–Kier alpha value is -1.85. The van der Waals surface area contributed by atoms with Gasteiger partial charge in [-0.15, -0.1) is 0 Å². The van der Waals surface area contributed by atoms with E-state index in [4.69, 9.17) is 10.5 Å². The zero-order chi connectivity index (χ0) is 18.1. The van der Waals surface area contributed by atoms with Crippen molar-refractivity contribution in [1.82, 2.24) is 4.90 Å². The first-order valence-corrected chi connectivity index (χ1v) is 9.92. The molecule has 0 unspecified atom stereocenters. The molecule has 2 fully saturated rings. The number of halogens is 1. The quantitative estimate of drug-likeness (QED) is 0.808. The van der Waals surface area contributed by atoms with Crippen molar-refractivity contribution in [2.75, 3.05) is 13.1 Å². The lowest BCUT2D eigenvalue weighted by molar-refractivity contribution is 0.0303. The molecule has 26 heavy (non-hydrogen) atoms. The summed E-state index contributed by atoms with van der Waals surface area (Å²) in [6, 6.07) is 16.1. The standard InChI is InChI=1S/C21H23BrN2O2/c22-17-8-9-19(18(10-17)21(23)25)26-20-15-6-7-16(20)13-24(12-15)11-14-4-2-1-3-5-14/h1-5,8-10,15-16,20H,6-7,11-13H2,(H2,23,25)/t15-,16+,20-. The Bertz CT molecular complexity index is 782. The first-order valence-electron chi connectivity index (χ1n) is 9.12. The highest BCUT2D eigenvalue weighted by Gasteiger charge is 2.43. The number of hydrogen-bond donors (Lipinski definition) is 1. The normalized spacial score (nSPS) is 25.2. The summed E-state index contributed by atoms with van der Waals surface area (Å²) in [5.74, 6) is 1.16. The van der Waals surface area contributed by atoms with Crippen molar-refractivity contribution < 1.29 is 9.53 Å². The first kappa shape index (κ1) is 17.6. The number of nitrogens with two attached hydrogens (primary N) is 1. The van der Waals surface area contributed by atoms with Crippen molar-refractivity contribution in [3.63, 3.8) is 0 Å². The number of ether oxygens (including phenoxy) is 1. The van der Waals surface area contributed by atoms with Gasteiger partial charge in [-0.25, -0.2) is 0 Å². The number of amides is 1. The van der Waals surface area contributed by atoms with E-state index < -0.39 is 5.91 Å². The molecule has 2 aliphatic rings. The molecule has 0 radical (unpaired) electrons. The smallest absolute Gasteiger partial charge is 0.252 e. The number of piperidine rings is 1. The molecule has 1 aliphatic carbocycles. The van der Waals surface area contributed by atoms with Crippen LogP contribution in [0.3, 0.4) is 0 Å². The van der Waals surface area contributed by atoms with Crippen LogP contribution < -0.4 is 10.5 Å². The maximum atomic E-state index is 11.8. The van der Waals surface area contributed by atoms with E-state index in [1.54, 1.807) is 6.07 Å². The van der Waals surface area contributed by atoms with Gasteiger partial charge in [0.25, 0.3) is 5.91 Å². The number of hydrogen-bond acceptors (Lipinski definition) is 3. The van der Waals surface area contributed by atoms with Gasteiger partial charge in [0, 0.05) is 35.9 Å². The van der Waals surface area contributed by atoms with Crippen molar-refractivity contribution in [3.8, 4) is 5.75 Å². The molecule has 2 bridgehead atoms. The van der Waals surface area contributed by atoms with Crippen LogP contribution in [0.25, 0.3) is 0 Å². The SMILES string of the molecule is NC(=O)c1cc(Br)ccc1O[C@@H]1[C@@H]2CC[C@H]1CN(Cc1ccccc1)C2. The largest absolute Gasteiger partial charge is 0.489 e. The summed E-state index contributed by atoms with van der Waals surface area (Å²) in [6.45, 7) is 3.07. The van der Waals surface area contributed by atoms with E-state index in [0.29, 0.717) is 23.1 Å². The number of fused-ring (bicyclic) bond motifs is 2. The summed E-state index contributed by atoms with van der Waals surface area (Å²) in [4.78, 5) is 14.3. The molecule has 1 saturated carbocycles. The minimum absolute atomic E-state index is 0.168. The van der Waals surface area contributed by atoms with Crippen molar-refractivity contribution in [2.24, 2.45) is 17.6 Å². The van der Waals surface area contributed by atoms with Gasteiger partial charge in [0.2, 0.25) is 0 Å². The van der Waals surface area contributed by atoms with Crippen LogP contribution in [-0.2, 0) is 6.54 Å². The Labute approximate surface area is 162 Å². The summed E-state index contributed by atoms with van der Waals surface area (Å²) in [5.41, 5.74) is 7.34. The van der Waals surface area contributed by atoms with Gasteiger partial charge in [0.15, 0.2) is 0 Å². The molecular formula is C21H23BrN2O2. The summed E-state index contributed by atoms with van der Waals surface area (Å²) in [7, 11) is 0. The maximum absolute atomic E-state index is 11.8. The van der Waals surface area contributed by atoms with Crippen LogP contribution in [0.4, 0.5) is 0 Å². The van der Waals surface area contributed by atoms with E-state index in [9.17, 15) is 4.79 Å². The van der Waals surface area contributed by atoms with E-state index in [-0.39, 0.29) is 6.10 Å². The van der Waals surface area contributed by atoms with Crippen LogP contribution >= 0.6 is 15.9 Å². The van der Waals surface area contributed by atoms with Crippen molar-refractivity contribution >= 4 is 21.8 Å². The molecule has 1 aliphatic heterocycles. The maximum Gasteiger partial charge on any atom is 0.252 e. The number of likely N-dealkylation sites (tertiary alicyclic amines) is 1. The van der Waals surface area contributed by atoms with Gasteiger partial charge in [-0.1, -0.05) is 46.3 Å². The highest BCUT2D eigenvalue weighted by molar-refractivity contribution is 9.10. The molecule has 1 saturated heterocycles. The van der Waals surface area contributed by atoms with E-state index in [1.807, 2.05) is 12.1 Å². The summed E-state index contributed by atoms with van der Waals surface area (Å²) in [5, 5.41) is 0. The fourth-order valence-corrected chi connectivity index (χ4v) is 4.74. The summed E-state index contributed by atoms with van der Waals surface area (Å²) < 4.78 is 7.17. The topological polar surface area (TPSA) is 55.6 Å². The van der Waals surface area contributed by atoms with E-state index in [0.717, 1.165) is 24.1 Å². The van der Waals surface area contributed by atoms with E-state index in [1.165, 1.54) is 18.4 Å². The third kappa shape index (κ3) is 3.64. The third-order valence-electron chi connectivity index (χ3n) is 5.54. The minimum Gasteiger partial charge on any atom is -0.489 e. The lowest BCUT2D eigenvalue weighted by Crippen LogP contribution is -2.46. The molecule has 1 heterocycles. The van der Waals surface area contributed by atoms with Crippen molar-refractivity contribution in [1.29, 1.82) is 0 Å². The number of primary amides is 1. The summed E-state index contributed by atoms with van der Waals surface area (Å²) >= 11 is 3.40. The number of carbonyl (C=O) groups is 1. The molecule has 3 atom stereocenters. The second-order valence-corrected chi connectivity index (χ2v) is 8.28. The van der Waals surface area contributed by atoms with Crippen molar-refractivity contribution in [3.05, 3.63) is 64.1 Å². The second kappa shape index (κ2) is 7.41. The second-order valence-electron chi connectivity index (χ2n) is 7.36. The average molecular weight is 415 g/mol. The molecule has 5 heteroatoms. The summed E-state index contributed by atoms with van der Waals surface area (Å²) in [6.07, 6.45) is 2.54. The first-order chi connectivity index (χ1) is 12.6. The number of nitrogens with zero attached hydrogens (tertiary/aromatic N) is 1. The highest BCUT2D eigenvalue weighted by Crippen LogP contribution is 2.40. The fourth-order valence-electron chi connectivity index (χ4n) is 4.38.